The standard InChI is InChI=1S/C21H32O4/c1-2-3-4-5-11-16-21(19(22)23,20(24)25)17-12-7-10-15-18-13-8-6-9-14-18/h6,8-9,13-14H,2-5,7,10-12,15-17H2,1H3,(H,22,23)(H,24,25). The molecule has 0 fully saturated rings. The van der Waals surface area contributed by atoms with E-state index in [0.717, 1.165) is 44.9 Å². The number of hydrogen-bond donors (Lipinski definition) is 2. The highest BCUT2D eigenvalue weighted by Gasteiger charge is 2.45. The maximum absolute atomic E-state index is 11.7. The fraction of sp³-hybridized carbons (Fsp3) is 0.619. The molecular formula is C21H32O4. The Balaban J connectivity index is 2.44. The van der Waals surface area contributed by atoms with E-state index in [1.54, 1.807) is 0 Å². The van der Waals surface area contributed by atoms with Crippen LogP contribution in [0.2, 0.25) is 0 Å². The number of carboxylic acids is 2. The molecule has 1 aromatic rings. The predicted octanol–water partition coefficient (Wildman–Crippen LogP) is 5.31. The van der Waals surface area contributed by atoms with E-state index in [4.69, 9.17) is 0 Å². The van der Waals surface area contributed by atoms with E-state index in [2.05, 4.69) is 19.1 Å². The van der Waals surface area contributed by atoms with Gasteiger partial charge in [0.25, 0.3) is 0 Å². The Hall–Kier alpha value is -1.84. The van der Waals surface area contributed by atoms with Gasteiger partial charge >= 0.3 is 11.9 Å². The Morgan fingerprint density at radius 3 is 1.84 bits per heavy atom. The second-order valence-electron chi connectivity index (χ2n) is 6.90. The summed E-state index contributed by atoms with van der Waals surface area (Å²) < 4.78 is 0. The highest BCUT2D eigenvalue weighted by Crippen LogP contribution is 2.33. The van der Waals surface area contributed by atoms with E-state index in [0.29, 0.717) is 12.8 Å². The van der Waals surface area contributed by atoms with Crippen molar-refractivity contribution in [1.82, 2.24) is 0 Å². The van der Waals surface area contributed by atoms with Gasteiger partial charge in [0.2, 0.25) is 0 Å². The summed E-state index contributed by atoms with van der Waals surface area (Å²) in [6.45, 7) is 2.12. The van der Waals surface area contributed by atoms with Gasteiger partial charge in [-0.15, -0.1) is 0 Å². The molecule has 1 rings (SSSR count). The number of hydrogen-bond acceptors (Lipinski definition) is 2. The molecule has 0 aliphatic carbocycles. The first-order valence-electron chi connectivity index (χ1n) is 9.53. The maximum atomic E-state index is 11.7. The van der Waals surface area contributed by atoms with Gasteiger partial charge in [0, 0.05) is 0 Å². The Bertz CT molecular complexity index is 496. The minimum Gasteiger partial charge on any atom is -0.480 e. The number of carbonyl (C=O) groups is 2. The molecule has 140 valence electrons. The van der Waals surface area contributed by atoms with E-state index in [1.807, 2.05) is 18.2 Å². The molecular weight excluding hydrogens is 316 g/mol. The smallest absolute Gasteiger partial charge is 0.321 e. The van der Waals surface area contributed by atoms with E-state index < -0.39 is 17.4 Å². The van der Waals surface area contributed by atoms with Crippen molar-refractivity contribution < 1.29 is 19.8 Å². The van der Waals surface area contributed by atoms with Gasteiger partial charge < -0.3 is 10.2 Å². The Labute approximate surface area is 151 Å². The lowest BCUT2D eigenvalue weighted by Crippen LogP contribution is -2.39. The first-order valence-corrected chi connectivity index (χ1v) is 9.53. The topological polar surface area (TPSA) is 74.6 Å². The summed E-state index contributed by atoms with van der Waals surface area (Å²) in [6, 6.07) is 10.2. The average Bonchev–Trinajstić information content (AvgIpc) is 2.60. The summed E-state index contributed by atoms with van der Waals surface area (Å²) in [4.78, 5) is 23.4. The summed E-state index contributed by atoms with van der Waals surface area (Å²) in [6.07, 6.45) is 8.71. The molecule has 0 saturated carbocycles. The van der Waals surface area contributed by atoms with Crippen molar-refractivity contribution in [3.8, 4) is 0 Å². The molecule has 1 aromatic carbocycles. The van der Waals surface area contributed by atoms with Crippen LogP contribution in [-0.2, 0) is 16.0 Å². The van der Waals surface area contributed by atoms with Crippen LogP contribution in [0.3, 0.4) is 0 Å². The zero-order valence-electron chi connectivity index (χ0n) is 15.4. The van der Waals surface area contributed by atoms with Gasteiger partial charge in [-0.05, 0) is 31.2 Å². The van der Waals surface area contributed by atoms with E-state index in [1.165, 1.54) is 5.56 Å². The van der Waals surface area contributed by atoms with Crippen LogP contribution >= 0.6 is 0 Å². The maximum Gasteiger partial charge on any atom is 0.321 e. The number of aliphatic carboxylic acids is 2. The summed E-state index contributed by atoms with van der Waals surface area (Å²) >= 11 is 0. The van der Waals surface area contributed by atoms with Crippen LogP contribution in [0.25, 0.3) is 0 Å². The molecule has 0 radical (unpaired) electrons. The number of aryl methyl sites for hydroxylation is 1. The molecule has 0 unspecified atom stereocenters. The molecule has 0 spiro atoms. The van der Waals surface area contributed by atoms with Gasteiger partial charge in [-0.3, -0.25) is 9.59 Å². The molecule has 0 saturated heterocycles. The lowest BCUT2D eigenvalue weighted by Gasteiger charge is -2.25. The molecule has 0 aromatic heterocycles. The normalized spacial score (nSPS) is 11.4. The molecule has 4 nitrogen and oxygen atoms in total. The van der Waals surface area contributed by atoms with E-state index in [-0.39, 0.29) is 12.8 Å². The lowest BCUT2D eigenvalue weighted by molar-refractivity contribution is -0.166. The van der Waals surface area contributed by atoms with Gasteiger partial charge in [-0.1, -0.05) is 82.2 Å². The zero-order valence-corrected chi connectivity index (χ0v) is 15.4. The second kappa shape index (κ2) is 11.7. The molecule has 0 atom stereocenters. The molecule has 2 N–H and O–H groups in total. The number of unbranched alkanes of at least 4 members (excludes halogenated alkanes) is 6. The Morgan fingerprint density at radius 2 is 1.32 bits per heavy atom. The van der Waals surface area contributed by atoms with Crippen molar-refractivity contribution in [3.63, 3.8) is 0 Å². The minimum absolute atomic E-state index is 0.222. The van der Waals surface area contributed by atoms with Gasteiger partial charge in [-0.2, -0.15) is 0 Å². The SMILES string of the molecule is CCCCCCCC(CCCCCc1ccccc1)(C(=O)O)C(=O)O. The van der Waals surface area contributed by atoms with Gasteiger partial charge in [0.15, 0.2) is 5.41 Å². The fourth-order valence-electron chi connectivity index (χ4n) is 3.25. The highest BCUT2D eigenvalue weighted by molar-refractivity contribution is 5.98. The van der Waals surface area contributed by atoms with Crippen molar-refractivity contribution in [2.24, 2.45) is 5.41 Å². The molecule has 25 heavy (non-hydrogen) atoms. The van der Waals surface area contributed by atoms with Gasteiger partial charge in [-0.25, -0.2) is 0 Å². The number of benzene rings is 1. The van der Waals surface area contributed by atoms with E-state index in [9.17, 15) is 19.8 Å². The quantitative estimate of drug-likeness (QED) is 0.353. The zero-order chi connectivity index (χ0) is 18.5. The lowest BCUT2D eigenvalue weighted by atomic mass is 9.78. The molecule has 0 heterocycles. The molecule has 0 amide bonds. The third-order valence-corrected chi connectivity index (χ3v) is 4.94. The highest BCUT2D eigenvalue weighted by atomic mass is 16.4. The Morgan fingerprint density at radius 1 is 0.800 bits per heavy atom. The van der Waals surface area contributed by atoms with Crippen LogP contribution in [0, 0.1) is 5.41 Å². The molecule has 0 aliphatic rings. The number of rotatable bonds is 14. The molecule has 4 heteroatoms. The van der Waals surface area contributed by atoms with Crippen LogP contribution in [-0.4, -0.2) is 22.2 Å². The van der Waals surface area contributed by atoms with Crippen LogP contribution < -0.4 is 0 Å². The van der Waals surface area contributed by atoms with Gasteiger partial charge in [0.1, 0.15) is 0 Å². The van der Waals surface area contributed by atoms with Crippen molar-refractivity contribution in [2.45, 2.75) is 77.6 Å². The van der Waals surface area contributed by atoms with Crippen LogP contribution in [0.4, 0.5) is 0 Å². The largest absolute Gasteiger partial charge is 0.480 e. The average molecular weight is 348 g/mol. The third-order valence-electron chi connectivity index (χ3n) is 4.94. The van der Waals surface area contributed by atoms with Gasteiger partial charge in [0.05, 0.1) is 0 Å². The summed E-state index contributed by atoms with van der Waals surface area (Å²) in [7, 11) is 0. The van der Waals surface area contributed by atoms with Crippen LogP contribution in [0.1, 0.15) is 76.7 Å². The van der Waals surface area contributed by atoms with E-state index >= 15 is 0 Å². The fourth-order valence-corrected chi connectivity index (χ4v) is 3.25. The summed E-state index contributed by atoms with van der Waals surface area (Å²) in [5.41, 5.74) is -0.347. The van der Waals surface area contributed by atoms with Crippen molar-refractivity contribution in [1.29, 1.82) is 0 Å². The van der Waals surface area contributed by atoms with Crippen molar-refractivity contribution in [3.05, 3.63) is 35.9 Å². The monoisotopic (exact) mass is 348 g/mol. The van der Waals surface area contributed by atoms with Crippen LogP contribution in [0.15, 0.2) is 30.3 Å². The first-order chi connectivity index (χ1) is 12.0. The number of carboxylic acid groups (broad SMARTS) is 2. The molecule has 0 bridgehead atoms. The summed E-state index contributed by atoms with van der Waals surface area (Å²) in [5, 5.41) is 19.1. The van der Waals surface area contributed by atoms with Crippen molar-refractivity contribution >= 4 is 11.9 Å². The minimum atomic E-state index is -1.61. The van der Waals surface area contributed by atoms with Crippen molar-refractivity contribution in [2.75, 3.05) is 0 Å². The molecule has 0 aliphatic heterocycles. The second-order valence-corrected chi connectivity index (χ2v) is 6.90. The predicted molar refractivity (Wildman–Crippen MR) is 99.7 cm³/mol. The van der Waals surface area contributed by atoms with Crippen LogP contribution in [0.5, 0.6) is 0 Å². The first kappa shape index (κ1) is 21.2. The Kier molecular flexibility index (Phi) is 9.90. The third kappa shape index (κ3) is 7.29. The summed E-state index contributed by atoms with van der Waals surface area (Å²) in [5.74, 6) is -2.36.